The summed E-state index contributed by atoms with van der Waals surface area (Å²) >= 11 is 0. The Hall–Kier alpha value is -0.850. The number of hydrogen-bond donors (Lipinski definition) is 2. The molecule has 1 heterocycles. The minimum absolute atomic E-state index is 0. The Labute approximate surface area is 151 Å². The van der Waals surface area contributed by atoms with E-state index in [4.69, 9.17) is 10.5 Å². The Morgan fingerprint density at radius 1 is 1.25 bits per heavy atom. The number of nitrogens with zero attached hydrogens (tertiary/aromatic N) is 1. The molecule has 0 aromatic rings. The molecular formula is C17H32ClN3O3. The quantitative estimate of drug-likeness (QED) is 0.776. The Bertz CT molecular complexity index is 423. The third-order valence-corrected chi connectivity index (χ3v) is 5.27. The van der Waals surface area contributed by atoms with Gasteiger partial charge in [-0.3, -0.25) is 9.59 Å². The molecule has 3 N–H and O–H groups in total. The van der Waals surface area contributed by atoms with Crippen molar-refractivity contribution in [3.8, 4) is 0 Å². The highest BCUT2D eigenvalue weighted by Crippen LogP contribution is 2.33. The van der Waals surface area contributed by atoms with Crippen LogP contribution in [0, 0.1) is 5.92 Å². The number of carbonyl (C=O) groups excluding carboxylic acids is 2. The number of nitrogens with one attached hydrogen (secondary N) is 1. The molecule has 7 heteroatoms. The number of hydrogen-bond acceptors (Lipinski definition) is 4. The van der Waals surface area contributed by atoms with Crippen LogP contribution in [0.15, 0.2) is 0 Å². The Morgan fingerprint density at radius 3 is 2.50 bits per heavy atom. The Balaban J connectivity index is 0.00000288. The van der Waals surface area contributed by atoms with Crippen LogP contribution in [0.1, 0.15) is 51.9 Å². The van der Waals surface area contributed by atoms with Gasteiger partial charge in [0.25, 0.3) is 0 Å². The molecule has 0 bridgehead atoms. The molecule has 2 aliphatic rings. The number of rotatable bonds is 5. The van der Waals surface area contributed by atoms with Gasteiger partial charge in [-0.1, -0.05) is 12.8 Å². The second-order valence-corrected chi connectivity index (χ2v) is 7.12. The number of piperidine rings is 1. The van der Waals surface area contributed by atoms with Crippen LogP contribution in [0.25, 0.3) is 0 Å². The van der Waals surface area contributed by atoms with E-state index >= 15 is 0 Å². The first kappa shape index (κ1) is 21.2. The van der Waals surface area contributed by atoms with Crippen LogP contribution in [0.5, 0.6) is 0 Å². The van der Waals surface area contributed by atoms with Gasteiger partial charge in [0.15, 0.2) is 0 Å². The van der Waals surface area contributed by atoms with Gasteiger partial charge < -0.3 is 20.7 Å². The summed E-state index contributed by atoms with van der Waals surface area (Å²) in [5.41, 5.74) is 5.99. The molecule has 2 atom stereocenters. The standard InChI is InChI=1S/C17H31N3O3.ClH/c1-17(18)9-4-3-5-14(17)16(22)20-10-6-13(7-11-20)23-12-8-15(21)19-2;/h13-14H,3-12,18H2,1-2H3,(H,19,21);1H. The number of amides is 2. The largest absolute Gasteiger partial charge is 0.378 e. The van der Waals surface area contributed by atoms with Crippen LogP contribution >= 0.6 is 12.4 Å². The summed E-state index contributed by atoms with van der Waals surface area (Å²) in [6.45, 7) is 3.93. The molecule has 1 saturated carbocycles. The summed E-state index contributed by atoms with van der Waals surface area (Å²) in [5.74, 6) is 0.178. The zero-order chi connectivity index (χ0) is 16.9. The molecule has 140 valence electrons. The molecule has 2 fully saturated rings. The fourth-order valence-corrected chi connectivity index (χ4v) is 3.67. The van der Waals surface area contributed by atoms with Gasteiger partial charge in [-0.25, -0.2) is 0 Å². The zero-order valence-corrected chi connectivity index (χ0v) is 15.7. The van der Waals surface area contributed by atoms with E-state index in [9.17, 15) is 9.59 Å². The lowest BCUT2D eigenvalue weighted by atomic mass is 9.74. The monoisotopic (exact) mass is 361 g/mol. The summed E-state index contributed by atoms with van der Waals surface area (Å²) < 4.78 is 5.75. The molecule has 0 radical (unpaired) electrons. The molecule has 2 rings (SSSR count). The van der Waals surface area contributed by atoms with E-state index in [0.29, 0.717) is 13.0 Å². The second kappa shape index (κ2) is 9.59. The predicted octanol–water partition coefficient (Wildman–Crippen LogP) is 1.46. The first-order chi connectivity index (χ1) is 10.9. The fourth-order valence-electron chi connectivity index (χ4n) is 3.67. The average molecular weight is 362 g/mol. The van der Waals surface area contributed by atoms with Gasteiger partial charge in [0, 0.05) is 32.1 Å². The molecular weight excluding hydrogens is 330 g/mol. The first-order valence-corrected chi connectivity index (χ1v) is 8.84. The molecule has 0 spiro atoms. The van der Waals surface area contributed by atoms with Gasteiger partial charge in [0.2, 0.25) is 11.8 Å². The van der Waals surface area contributed by atoms with Crippen molar-refractivity contribution in [2.75, 3.05) is 26.7 Å². The Morgan fingerprint density at radius 2 is 1.92 bits per heavy atom. The summed E-state index contributed by atoms with van der Waals surface area (Å²) in [6.07, 6.45) is 6.29. The lowest BCUT2D eigenvalue weighted by Gasteiger charge is -2.41. The SMILES string of the molecule is CNC(=O)CCOC1CCN(C(=O)C2CCCCC2(C)N)CC1.Cl. The highest BCUT2D eigenvalue weighted by molar-refractivity contribution is 5.85. The maximum Gasteiger partial charge on any atom is 0.227 e. The maximum atomic E-state index is 12.8. The number of ether oxygens (including phenoxy) is 1. The van der Waals surface area contributed by atoms with Crippen LogP contribution < -0.4 is 11.1 Å². The van der Waals surface area contributed by atoms with Crippen molar-refractivity contribution in [1.82, 2.24) is 10.2 Å². The first-order valence-electron chi connectivity index (χ1n) is 8.84. The van der Waals surface area contributed by atoms with Gasteiger partial charge in [-0.05, 0) is 32.6 Å². The van der Waals surface area contributed by atoms with Crippen molar-refractivity contribution in [3.63, 3.8) is 0 Å². The molecule has 0 aromatic heterocycles. The topological polar surface area (TPSA) is 84.7 Å². The minimum atomic E-state index is -0.365. The normalized spacial score (nSPS) is 28.1. The highest BCUT2D eigenvalue weighted by Gasteiger charge is 2.40. The van der Waals surface area contributed by atoms with Crippen molar-refractivity contribution in [2.24, 2.45) is 11.7 Å². The van der Waals surface area contributed by atoms with Crippen LogP contribution in [0.3, 0.4) is 0 Å². The van der Waals surface area contributed by atoms with Crippen molar-refractivity contribution in [2.45, 2.75) is 63.5 Å². The molecule has 2 amide bonds. The molecule has 24 heavy (non-hydrogen) atoms. The van der Waals surface area contributed by atoms with Crippen molar-refractivity contribution >= 4 is 24.2 Å². The molecule has 1 aliphatic carbocycles. The number of nitrogens with two attached hydrogens (primary N) is 1. The van der Waals surface area contributed by atoms with E-state index in [-0.39, 0.29) is 41.8 Å². The molecule has 1 aliphatic heterocycles. The van der Waals surface area contributed by atoms with Gasteiger partial charge in [0.1, 0.15) is 0 Å². The van der Waals surface area contributed by atoms with Crippen molar-refractivity contribution in [1.29, 1.82) is 0 Å². The smallest absolute Gasteiger partial charge is 0.227 e. The van der Waals surface area contributed by atoms with Gasteiger partial charge in [0.05, 0.1) is 18.6 Å². The van der Waals surface area contributed by atoms with Crippen molar-refractivity contribution < 1.29 is 14.3 Å². The zero-order valence-electron chi connectivity index (χ0n) is 14.9. The van der Waals surface area contributed by atoms with Gasteiger partial charge in [-0.2, -0.15) is 0 Å². The summed E-state index contributed by atoms with van der Waals surface area (Å²) in [6, 6.07) is 0. The molecule has 1 saturated heterocycles. The summed E-state index contributed by atoms with van der Waals surface area (Å²) in [4.78, 5) is 25.9. The Kier molecular flexibility index (Phi) is 8.46. The molecule has 2 unspecified atom stereocenters. The van der Waals surface area contributed by atoms with E-state index in [2.05, 4.69) is 5.32 Å². The van der Waals surface area contributed by atoms with Crippen molar-refractivity contribution in [3.05, 3.63) is 0 Å². The highest BCUT2D eigenvalue weighted by atomic mass is 35.5. The van der Waals surface area contributed by atoms with Crippen LogP contribution in [-0.4, -0.2) is 55.1 Å². The van der Waals surface area contributed by atoms with Crippen LogP contribution in [-0.2, 0) is 14.3 Å². The third-order valence-electron chi connectivity index (χ3n) is 5.27. The summed E-state index contributed by atoms with van der Waals surface area (Å²) in [5, 5.41) is 2.59. The average Bonchev–Trinajstić information content (AvgIpc) is 2.54. The van der Waals surface area contributed by atoms with E-state index in [1.54, 1.807) is 7.05 Å². The third kappa shape index (κ3) is 5.60. The summed E-state index contributed by atoms with van der Waals surface area (Å²) in [7, 11) is 1.63. The number of likely N-dealkylation sites (tertiary alicyclic amines) is 1. The van der Waals surface area contributed by atoms with Crippen LogP contribution in [0.4, 0.5) is 0 Å². The van der Waals surface area contributed by atoms with E-state index in [1.165, 1.54) is 0 Å². The van der Waals surface area contributed by atoms with E-state index in [0.717, 1.165) is 51.6 Å². The lowest BCUT2D eigenvalue weighted by molar-refractivity contribution is -0.141. The number of halogens is 1. The number of carbonyl (C=O) groups is 2. The molecule has 6 nitrogen and oxygen atoms in total. The van der Waals surface area contributed by atoms with Crippen LogP contribution in [0.2, 0.25) is 0 Å². The molecule has 0 aromatic carbocycles. The van der Waals surface area contributed by atoms with Gasteiger partial charge >= 0.3 is 0 Å². The fraction of sp³-hybridized carbons (Fsp3) is 0.882. The maximum absolute atomic E-state index is 12.8. The van der Waals surface area contributed by atoms with E-state index < -0.39 is 0 Å². The second-order valence-electron chi connectivity index (χ2n) is 7.12. The minimum Gasteiger partial charge on any atom is -0.378 e. The van der Waals surface area contributed by atoms with Gasteiger partial charge in [-0.15, -0.1) is 12.4 Å². The lowest BCUT2D eigenvalue weighted by Crippen LogP contribution is -2.55. The predicted molar refractivity (Wildman–Crippen MR) is 96.0 cm³/mol. The van der Waals surface area contributed by atoms with E-state index in [1.807, 2.05) is 11.8 Å².